The van der Waals surface area contributed by atoms with Gasteiger partial charge in [-0.2, -0.15) is 0 Å². The van der Waals surface area contributed by atoms with Crippen LogP contribution in [0, 0.1) is 13.8 Å². The second-order valence-corrected chi connectivity index (χ2v) is 16.8. The molecule has 0 aliphatic rings. The predicted molar refractivity (Wildman–Crippen MR) is 252 cm³/mol. The number of nitrogens with zero attached hydrogens (tertiary/aromatic N) is 2. The lowest BCUT2D eigenvalue weighted by molar-refractivity contribution is 0.590. The van der Waals surface area contributed by atoms with E-state index >= 15 is 0 Å². The van der Waals surface area contributed by atoms with Crippen molar-refractivity contribution in [3.05, 3.63) is 205 Å². The van der Waals surface area contributed by atoms with Crippen molar-refractivity contribution in [1.29, 1.82) is 0 Å². The maximum atomic E-state index is 6.56. The second kappa shape index (κ2) is 14.4. The van der Waals surface area contributed by atoms with Crippen LogP contribution in [0.25, 0.3) is 54.6 Å². The maximum Gasteiger partial charge on any atom is 0.137 e. The lowest BCUT2D eigenvalue weighted by Crippen LogP contribution is -2.19. The van der Waals surface area contributed by atoms with E-state index in [1.54, 1.807) is 0 Å². The zero-order chi connectivity index (χ0) is 40.3. The van der Waals surface area contributed by atoms with Gasteiger partial charge < -0.3 is 14.2 Å². The third-order valence-corrected chi connectivity index (χ3v) is 11.7. The number of rotatable bonds is 7. The molecule has 0 N–H and O–H groups in total. The van der Waals surface area contributed by atoms with Gasteiger partial charge in [0.2, 0.25) is 0 Å². The summed E-state index contributed by atoms with van der Waals surface area (Å²) in [5, 5.41) is 7.16. The molecule has 0 aliphatic heterocycles. The third-order valence-electron chi connectivity index (χ3n) is 11.7. The van der Waals surface area contributed by atoms with Crippen LogP contribution in [-0.4, -0.2) is 0 Å². The predicted octanol–water partition coefficient (Wildman–Crippen LogP) is 16.4. The molecule has 0 spiro atoms. The van der Waals surface area contributed by atoms with E-state index in [1.165, 1.54) is 38.2 Å². The van der Waals surface area contributed by atoms with E-state index in [4.69, 9.17) is 4.42 Å². The zero-order valence-electron chi connectivity index (χ0n) is 34.2. The highest BCUT2D eigenvalue weighted by Gasteiger charge is 2.29. The second-order valence-electron chi connectivity index (χ2n) is 16.8. The van der Waals surface area contributed by atoms with Crippen LogP contribution in [0.3, 0.4) is 0 Å². The highest BCUT2D eigenvalue weighted by atomic mass is 16.3. The Balaban J connectivity index is 1.34. The average Bonchev–Trinajstić information content (AvgIpc) is 3.63. The first kappa shape index (κ1) is 36.3. The van der Waals surface area contributed by atoms with Gasteiger partial charge in [-0.1, -0.05) is 141 Å². The van der Waals surface area contributed by atoms with Crippen molar-refractivity contribution in [3.63, 3.8) is 0 Å². The average molecular weight is 763 g/mol. The Morgan fingerprint density at radius 3 is 1.58 bits per heavy atom. The Labute approximate surface area is 346 Å². The van der Waals surface area contributed by atoms with Gasteiger partial charge in [0.05, 0.1) is 11.4 Å². The van der Waals surface area contributed by atoms with Gasteiger partial charge in [-0.3, -0.25) is 0 Å². The minimum Gasteiger partial charge on any atom is -0.456 e. The van der Waals surface area contributed by atoms with Gasteiger partial charge in [0, 0.05) is 45.2 Å². The van der Waals surface area contributed by atoms with Crippen molar-refractivity contribution in [2.75, 3.05) is 9.80 Å². The molecule has 10 rings (SSSR count). The van der Waals surface area contributed by atoms with Crippen molar-refractivity contribution in [3.8, 4) is 11.1 Å². The molecule has 0 radical (unpaired) electrons. The van der Waals surface area contributed by atoms with Crippen molar-refractivity contribution >= 4 is 77.6 Å². The highest BCUT2D eigenvalue weighted by molar-refractivity contribution is 6.10. The molecular weight excluding hydrogens is 717 g/mol. The molecule has 10 aromatic rings. The summed E-state index contributed by atoms with van der Waals surface area (Å²) in [5.41, 5.74) is 13.9. The van der Waals surface area contributed by atoms with E-state index in [1.807, 2.05) is 6.07 Å². The molecule has 0 bridgehead atoms. The van der Waals surface area contributed by atoms with Gasteiger partial charge in [0.25, 0.3) is 0 Å². The Kier molecular flexibility index (Phi) is 8.83. The summed E-state index contributed by atoms with van der Waals surface area (Å²) in [6.07, 6.45) is 0. The maximum absolute atomic E-state index is 6.56. The number of hydrogen-bond donors (Lipinski definition) is 0. The molecule has 286 valence electrons. The van der Waals surface area contributed by atoms with E-state index in [9.17, 15) is 0 Å². The topological polar surface area (TPSA) is 19.6 Å². The molecule has 0 atom stereocenters. The third kappa shape index (κ3) is 6.59. The molecule has 0 unspecified atom stereocenters. The van der Waals surface area contributed by atoms with Crippen LogP contribution in [-0.2, 0) is 5.41 Å². The Morgan fingerprint density at radius 2 is 0.898 bits per heavy atom. The molecule has 0 saturated heterocycles. The normalized spacial score (nSPS) is 11.8. The number of anilines is 6. The fourth-order valence-electron chi connectivity index (χ4n) is 8.53. The number of fused-ring (bicyclic) bond motifs is 6. The van der Waals surface area contributed by atoms with Crippen LogP contribution in [0.4, 0.5) is 34.1 Å². The largest absolute Gasteiger partial charge is 0.456 e. The van der Waals surface area contributed by atoms with E-state index in [0.29, 0.717) is 0 Å². The summed E-state index contributed by atoms with van der Waals surface area (Å²) in [5.74, 6) is 0. The SMILES string of the molecule is Cc1ccc(N(c2ccccc2)c2cc(C(C)(C)C)cc(N(c3ccc(C)cc3)c3ccc4c(c3)oc3ccccc34)c2-c2ccc3c(ccc4ccccc43)c2)cc1. The molecule has 0 amide bonds. The van der Waals surface area contributed by atoms with Gasteiger partial charge in [0.15, 0.2) is 0 Å². The van der Waals surface area contributed by atoms with E-state index in [0.717, 1.165) is 67.2 Å². The molecule has 3 heteroatoms. The lowest BCUT2D eigenvalue weighted by Gasteiger charge is -2.35. The smallest absolute Gasteiger partial charge is 0.137 e. The molecule has 3 nitrogen and oxygen atoms in total. The van der Waals surface area contributed by atoms with Gasteiger partial charge >= 0.3 is 0 Å². The monoisotopic (exact) mass is 762 g/mol. The summed E-state index contributed by atoms with van der Waals surface area (Å²) in [6, 6.07) is 68.6. The number of benzene rings is 9. The Morgan fingerprint density at radius 1 is 0.390 bits per heavy atom. The molecule has 0 aliphatic carbocycles. The number of aryl methyl sites for hydroxylation is 2. The van der Waals surface area contributed by atoms with Crippen LogP contribution >= 0.6 is 0 Å². The molecular formula is C56H46N2O. The zero-order valence-corrected chi connectivity index (χ0v) is 34.2. The van der Waals surface area contributed by atoms with Crippen molar-refractivity contribution in [2.45, 2.75) is 40.0 Å². The van der Waals surface area contributed by atoms with E-state index in [-0.39, 0.29) is 5.41 Å². The molecule has 1 aromatic heterocycles. The van der Waals surface area contributed by atoms with Gasteiger partial charge in [-0.25, -0.2) is 0 Å². The standard InChI is InChI=1S/C56H46N2O/c1-37-19-26-44(27-20-37)57(43-14-7-6-8-15-43)51-34-42(56(3,4)5)35-52(55(51)41-25-31-48-40(33-41)24-23-39-13-9-10-16-47(39)48)58(45-28-21-38(2)22-29-45)46-30-32-50-49-17-11-12-18-53(49)59-54(50)36-46/h6-36H,1-5H3. The summed E-state index contributed by atoms with van der Waals surface area (Å²) in [7, 11) is 0. The van der Waals surface area contributed by atoms with Crippen LogP contribution < -0.4 is 9.80 Å². The van der Waals surface area contributed by atoms with Crippen LogP contribution in [0.5, 0.6) is 0 Å². The molecule has 59 heavy (non-hydrogen) atoms. The van der Waals surface area contributed by atoms with Gasteiger partial charge in [0.1, 0.15) is 11.2 Å². The number of para-hydroxylation sites is 2. The number of furan rings is 1. The van der Waals surface area contributed by atoms with Crippen LogP contribution in [0.15, 0.2) is 192 Å². The first-order chi connectivity index (χ1) is 28.7. The van der Waals surface area contributed by atoms with Crippen molar-refractivity contribution in [1.82, 2.24) is 0 Å². The molecule has 0 fully saturated rings. The van der Waals surface area contributed by atoms with Crippen LogP contribution in [0.2, 0.25) is 0 Å². The van der Waals surface area contributed by atoms with E-state index < -0.39 is 0 Å². The Hall–Kier alpha value is -7.10. The van der Waals surface area contributed by atoms with Crippen LogP contribution in [0.1, 0.15) is 37.5 Å². The molecule has 1 heterocycles. The van der Waals surface area contributed by atoms with Crippen molar-refractivity contribution < 1.29 is 4.42 Å². The molecule has 9 aromatic carbocycles. The number of hydrogen-bond acceptors (Lipinski definition) is 3. The minimum absolute atomic E-state index is 0.179. The highest BCUT2D eigenvalue weighted by Crippen LogP contribution is 2.52. The van der Waals surface area contributed by atoms with Crippen molar-refractivity contribution in [2.24, 2.45) is 0 Å². The quantitative estimate of drug-likeness (QED) is 0.151. The van der Waals surface area contributed by atoms with E-state index in [2.05, 4.69) is 226 Å². The lowest BCUT2D eigenvalue weighted by atomic mass is 9.83. The van der Waals surface area contributed by atoms with Gasteiger partial charge in [-0.05, 0) is 125 Å². The van der Waals surface area contributed by atoms with Gasteiger partial charge in [-0.15, -0.1) is 0 Å². The summed E-state index contributed by atoms with van der Waals surface area (Å²) in [4.78, 5) is 4.87. The molecule has 0 saturated carbocycles. The summed E-state index contributed by atoms with van der Waals surface area (Å²) >= 11 is 0. The summed E-state index contributed by atoms with van der Waals surface area (Å²) < 4.78 is 6.56. The minimum atomic E-state index is -0.179. The first-order valence-corrected chi connectivity index (χ1v) is 20.5. The Bertz CT molecular complexity index is 3150. The first-order valence-electron chi connectivity index (χ1n) is 20.5. The fourth-order valence-corrected chi connectivity index (χ4v) is 8.53. The fraction of sp³-hybridized carbons (Fsp3) is 0.107. The summed E-state index contributed by atoms with van der Waals surface area (Å²) in [6.45, 7) is 11.2.